The van der Waals surface area contributed by atoms with E-state index >= 15 is 0 Å². The molecule has 1 amide bonds. The largest absolute Gasteiger partial charge is 0.497 e. The number of ether oxygens (including phenoxy) is 1. The number of hydrogen-bond acceptors (Lipinski definition) is 4. The zero-order valence-electron chi connectivity index (χ0n) is 15.8. The molecule has 1 fully saturated rings. The van der Waals surface area contributed by atoms with Crippen LogP contribution in [-0.4, -0.2) is 30.7 Å². The van der Waals surface area contributed by atoms with Crippen molar-refractivity contribution in [1.29, 1.82) is 0 Å². The Morgan fingerprint density at radius 3 is 2.86 bits per heavy atom. The molecule has 0 bridgehead atoms. The number of likely N-dealkylation sites (tertiary alicyclic amines) is 1. The van der Waals surface area contributed by atoms with Crippen molar-refractivity contribution in [1.82, 2.24) is 4.90 Å². The number of hydrogen-bond donors (Lipinski definition) is 1. The number of carbonyl (C=O) groups excluding carboxylic acids is 1. The number of carbonyl (C=O) groups is 1. The highest BCUT2D eigenvalue weighted by atomic mass is 16.5. The van der Waals surface area contributed by atoms with Crippen molar-refractivity contribution in [2.45, 2.75) is 18.9 Å². The maximum absolute atomic E-state index is 13.2. The predicted octanol–water partition coefficient (Wildman–Crippen LogP) is 3.66. The van der Waals surface area contributed by atoms with E-state index < -0.39 is 0 Å². The lowest BCUT2D eigenvalue weighted by atomic mass is 9.92. The van der Waals surface area contributed by atoms with Crippen LogP contribution in [0.3, 0.4) is 0 Å². The van der Waals surface area contributed by atoms with E-state index in [9.17, 15) is 4.79 Å². The van der Waals surface area contributed by atoms with Crippen LogP contribution in [0.4, 0.5) is 0 Å². The number of benzene rings is 3. The minimum absolute atomic E-state index is 0.121. The molecule has 0 radical (unpaired) electrons. The third-order valence-electron chi connectivity index (χ3n) is 5.34. The highest BCUT2D eigenvalue weighted by Crippen LogP contribution is 2.35. The molecular formula is C23H23N3O2. The molecule has 3 aromatic rings. The van der Waals surface area contributed by atoms with Gasteiger partial charge in [-0.1, -0.05) is 42.5 Å². The molecule has 5 heteroatoms. The monoisotopic (exact) mass is 373 g/mol. The van der Waals surface area contributed by atoms with Crippen LogP contribution < -0.4 is 10.6 Å². The number of hydrazone groups is 1. The number of fused-ring (bicyclic) bond motifs is 1. The van der Waals surface area contributed by atoms with Crippen molar-refractivity contribution >= 4 is 22.9 Å². The van der Waals surface area contributed by atoms with Gasteiger partial charge < -0.3 is 15.5 Å². The predicted molar refractivity (Wildman–Crippen MR) is 111 cm³/mol. The van der Waals surface area contributed by atoms with Gasteiger partial charge in [-0.2, -0.15) is 5.10 Å². The molecule has 0 spiro atoms. The summed E-state index contributed by atoms with van der Waals surface area (Å²) >= 11 is 0. The van der Waals surface area contributed by atoms with Crippen LogP contribution in [0.5, 0.6) is 5.75 Å². The van der Waals surface area contributed by atoms with Crippen molar-refractivity contribution in [2.75, 3.05) is 13.7 Å². The van der Waals surface area contributed by atoms with Crippen LogP contribution in [0.1, 0.15) is 29.0 Å². The van der Waals surface area contributed by atoms with Gasteiger partial charge in [-0.3, -0.25) is 4.79 Å². The van der Waals surface area contributed by atoms with Gasteiger partial charge in [-0.25, -0.2) is 0 Å². The number of amides is 1. The Morgan fingerprint density at radius 2 is 2.04 bits per heavy atom. The molecule has 142 valence electrons. The molecule has 0 aromatic heterocycles. The lowest BCUT2D eigenvalue weighted by Crippen LogP contribution is -2.26. The van der Waals surface area contributed by atoms with E-state index in [4.69, 9.17) is 10.6 Å². The van der Waals surface area contributed by atoms with E-state index in [-0.39, 0.29) is 11.8 Å². The summed E-state index contributed by atoms with van der Waals surface area (Å²) in [4.78, 5) is 15.1. The Hall–Kier alpha value is -3.34. The molecule has 5 nitrogen and oxygen atoms in total. The van der Waals surface area contributed by atoms with Gasteiger partial charge in [0.15, 0.2) is 0 Å². The molecular weight excluding hydrogens is 350 g/mol. The number of nitrogens with two attached hydrogens (primary N) is 1. The third kappa shape index (κ3) is 3.43. The molecule has 1 saturated heterocycles. The lowest BCUT2D eigenvalue weighted by molar-refractivity contribution is -0.129. The van der Waals surface area contributed by atoms with E-state index in [1.54, 1.807) is 13.3 Å². The standard InChI is InChI=1S/C23H23N3O2/c1-28-19-9-8-18-6-3-7-20(22(18)13-19)21-10-11-26(23(21)27)15-17-5-2-4-16(12-17)14-25-24/h2-9,12-14,21H,10-11,15,24H2,1H3/t21-/m0/s1. The molecule has 1 atom stereocenters. The smallest absolute Gasteiger partial charge is 0.230 e. The molecule has 0 unspecified atom stereocenters. The third-order valence-corrected chi connectivity index (χ3v) is 5.34. The van der Waals surface area contributed by atoms with Gasteiger partial charge in [0.1, 0.15) is 5.75 Å². The van der Waals surface area contributed by atoms with Gasteiger partial charge in [0.25, 0.3) is 0 Å². The first-order valence-electron chi connectivity index (χ1n) is 9.37. The Labute approximate surface area is 164 Å². The van der Waals surface area contributed by atoms with Gasteiger partial charge in [0, 0.05) is 13.1 Å². The summed E-state index contributed by atoms with van der Waals surface area (Å²) in [6.07, 6.45) is 2.43. The van der Waals surface area contributed by atoms with E-state index in [0.29, 0.717) is 6.54 Å². The molecule has 2 N–H and O–H groups in total. The van der Waals surface area contributed by atoms with Crippen LogP contribution in [0.25, 0.3) is 10.8 Å². The van der Waals surface area contributed by atoms with Crippen molar-refractivity contribution in [3.8, 4) is 5.75 Å². The quantitative estimate of drug-likeness (QED) is 0.422. The highest BCUT2D eigenvalue weighted by molar-refractivity contribution is 5.94. The second kappa shape index (κ2) is 7.72. The van der Waals surface area contributed by atoms with Crippen molar-refractivity contribution < 1.29 is 9.53 Å². The van der Waals surface area contributed by atoms with Crippen molar-refractivity contribution in [3.05, 3.63) is 77.4 Å². The topological polar surface area (TPSA) is 67.9 Å². The van der Waals surface area contributed by atoms with Crippen LogP contribution in [0, 0.1) is 0 Å². The maximum atomic E-state index is 13.2. The Bertz CT molecular complexity index is 1040. The summed E-state index contributed by atoms with van der Waals surface area (Å²) in [5.74, 6) is 6.10. The van der Waals surface area contributed by atoms with Crippen molar-refractivity contribution in [2.24, 2.45) is 10.9 Å². The van der Waals surface area contributed by atoms with Crippen LogP contribution in [-0.2, 0) is 11.3 Å². The van der Waals surface area contributed by atoms with Crippen LogP contribution >= 0.6 is 0 Å². The lowest BCUT2D eigenvalue weighted by Gasteiger charge is -2.18. The summed E-state index contributed by atoms with van der Waals surface area (Å²) in [5, 5.41) is 5.78. The van der Waals surface area contributed by atoms with E-state index in [1.807, 2.05) is 53.4 Å². The van der Waals surface area contributed by atoms with E-state index in [1.165, 1.54) is 0 Å². The second-order valence-electron chi connectivity index (χ2n) is 7.06. The molecule has 1 heterocycles. The summed E-state index contributed by atoms with van der Waals surface area (Å²) in [5.41, 5.74) is 3.09. The molecule has 1 aliphatic heterocycles. The fourth-order valence-electron chi connectivity index (χ4n) is 3.97. The summed E-state index contributed by atoms with van der Waals surface area (Å²) < 4.78 is 5.38. The normalized spacial score (nSPS) is 17.0. The number of rotatable bonds is 5. The molecule has 28 heavy (non-hydrogen) atoms. The minimum atomic E-state index is -0.121. The van der Waals surface area contributed by atoms with Gasteiger partial charge in [-0.05, 0) is 52.1 Å². The minimum Gasteiger partial charge on any atom is -0.497 e. The Balaban J connectivity index is 1.60. The van der Waals surface area contributed by atoms with Gasteiger partial charge in [0.05, 0.1) is 19.2 Å². The van der Waals surface area contributed by atoms with Gasteiger partial charge in [-0.15, -0.1) is 0 Å². The van der Waals surface area contributed by atoms with E-state index in [0.717, 1.165) is 46.2 Å². The van der Waals surface area contributed by atoms with Crippen molar-refractivity contribution in [3.63, 3.8) is 0 Å². The maximum Gasteiger partial charge on any atom is 0.230 e. The van der Waals surface area contributed by atoms with Gasteiger partial charge >= 0.3 is 0 Å². The summed E-state index contributed by atoms with van der Waals surface area (Å²) in [6, 6.07) is 20.1. The second-order valence-corrected chi connectivity index (χ2v) is 7.06. The highest BCUT2D eigenvalue weighted by Gasteiger charge is 2.33. The fourth-order valence-corrected chi connectivity index (χ4v) is 3.97. The molecule has 3 aromatic carbocycles. The SMILES string of the molecule is COc1ccc2cccc([C@@H]3CCN(Cc4cccc(C=NN)c4)C3=O)c2c1. The Morgan fingerprint density at radius 1 is 1.18 bits per heavy atom. The molecule has 0 saturated carbocycles. The molecule has 0 aliphatic carbocycles. The molecule has 4 rings (SSSR count). The fraction of sp³-hybridized carbons (Fsp3) is 0.217. The zero-order valence-corrected chi connectivity index (χ0v) is 15.8. The molecule has 1 aliphatic rings. The summed E-state index contributed by atoms with van der Waals surface area (Å²) in [6.45, 7) is 1.34. The van der Waals surface area contributed by atoms with Gasteiger partial charge in [0.2, 0.25) is 5.91 Å². The summed E-state index contributed by atoms with van der Waals surface area (Å²) in [7, 11) is 1.66. The first kappa shape index (κ1) is 18.0. The first-order valence-corrected chi connectivity index (χ1v) is 9.37. The number of nitrogens with zero attached hydrogens (tertiary/aromatic N) is 2. The van der Waals surface area contributed by atoms with Crippen LogP contribution in [0.15, 0.2) is 65.8 Å². The zero-order chi connectivity index (χ0) is 19.5. The first-order chi connectivity index (χ1) is 13.7. The Kier molecular flexibility index (Phi) is 4.98. The van der Waals surface area contributed by atoms with Crippen LogP contribution in [0.2, 0.25) is 0 Å². The average molecular weight is 373 g/mol. The average Bonchev–Trinajstić information content (AvgIpc) is 3.07. The van der Waals surface area contributed by atoms with E-state index in [2.05, 4.69) is 17.2 Å². The number of methoxy groups -OCH3 is 1.